The predicted molar refractivity (Wildman–Crippen MR) is 216 cm³/mol. The Morgan fingerprint density at radius 3 is 1.43 bits per heavy atom. The van der Waals surface area contributed by atoms with Gasteiger partial charge < -0.3 is 10.4 Å². The number of nitrogens with one attached hydrogen (secondary N) is 1. The molecule has 0 bridgehead atoms. The Morgan fingerprint density at radius 2 is 0.948 bits per heavy atom. The maximum atomic E-state index is 12.5. The monoisotopic (exact) mass is 843 g/mol. The Bertz CT molecular complexity index is 3070. The SMILES string of the molecule is Cc1cc(N=Nc2ccc(S(=O)(=O)O)cc2S(=O)(=O)O)c(C)cc1N=Nc1cc(C)c(N=Nc2c(S(=O)(=O)O)cc3cc(Nc4ccccc4)ccc3c2O)cc1C. The standard InChI is InChI=1S/C38H33N7O10S3/c1-21-15-32(22(2)14-31(21)41-40-30-13-11-28(56(47,48)49)20-35(30)57(50,51)52)42-43-33-16-24(4)34(17-23(33)3)44-45-37-36(58(53,54)55)19-25-18-27(10-12-29(25)38(37)46)39-26-8-6-5-7-9-26/h5-20,39,46H,1-4H3,(H,47,48,49)(H,50,51,52)(H,53,54,55). The molecule has 0 spiro atoms. The number of aryl methyl sites for hydroxylation is 4. The third-order valence-corrected chi connectivity index (χ3v) is 11.3. The molecule has 17 nitrogen and oxygen atoms in total. The molecule has 0 fully saturated rings. The summed E-state index contributed by atoms with van der Waals surface area (Å²) in [6.07, 6.45) is 0. The Morgan fingerprint density at radius 1 is 0.466 bits per heavy atom. The first-order chi connectivity index (χ1) is 27.2. The first-order valence-electron chi connectivity index (χ1n) is 16.8. The van der Waals surface area contributed by atoms with Crippen molar-refractivity contribution in [3.8, 4) is 5.75 Å². The number of para-hydroxylation sites is 1. The van der Waals surface area contributed by atoms with Gasteiger partial charge in [0.05, 0.1) is 27.6 Å². The molecule has 298 valence electrons. The maximum Gasteiger partial charge on any atom is 0.296 e. The number of phenols is 1. The van der Waals surface area contributed by atoms with Gasteiger partial charge in [0.25, 0.3) is 30.4 Å². The van der Waals surface area contributed by atoms with E-state index in [4.69, 9.17) is 0 Å². The van der Waals surface area contributed by atoms with E-state index in [1.165, 1.54) is 6.07 Å². The lowest BCUT2D eigenvalue weighted by atomic mass is 10.1. The minimum Gasteiger partial charge on any atom is -0.505 e. The van der Waals surface area contributed by atoms with E-state index in [9.17, 15) is 44.0 Å². The van der Waals surface area contributed by atoms with Crippen LogP contribution in [0.2, 0.25) is 0 Å². The van der Waals surface area contributed by atoms with Crippen molar-refractivity contribution in [2.45, 2.75) is 42.4 Å². The number of anilines is 2. The van der Waals surface area contributed by atoms with Crippen LogP contribution in [0, 0.1) is 27.7 Å². The third-order valence-electron chi connectivity index (χ3n) is 8.72. The first-order valence-corrected chi connectivity index (χ1v) is 21.2. The fourth-order valence-electron chi connectivity index (χ4n) is 5.68. The van der Waals surface area contributed by atoms with Gasteiger partial charge in [-0.1, -0.05) is 18.2 Å². The van der Waals surface area contributed by atoms with Gasteiger partial charge in [-0.15, -0.1) is 10.2 Å². The summed E-state index contributed by atoms with van der Waals surface area (Å²) < 4.78 is 101. The highest BCUT2D eigenvalue weighted by Gasteiger charge is 2.23. The van der Waals surface area contributed by atoms with Crippen molar-refractivity contribution in [3.05, 3.63) is 119 Å². The maximum absolute atomic E-state index is 12.5. The summed E-state index contributed by atoms with van der Waals surface area (Å²) >= 11 is 0. The Balaban J connectivity index is 1.25. The van der Waals surface area contributed by atoms with Gasteiger partial charge in [-0.25, -0.2) is 0 Å². The van der Waals surface area contributed by atoms with Gasteiger partial charge in [0.2, 0.25) is 0 Å². The van der Waals surface area contributed by atoms with Crippen LogP contribution >= 0.6 is 0 Å². The van der Waals surface area contributed by atoms with E-state index in [-0.39, 0.29) is 11.1 Å². The molecule has 0 amide bonds. The van der Waals surface area contributed by atoms with Crippen LogP contribution in [0.1, 0.15) is 22.3 Å². The Labute approximate surface area is 332 Å². The number of azo groups is 3. The van der Waals surface area contributed by atoms with Crippen molar-refractivity contribution < 1.29 is 44.0 Å². The first kappa shape index (κ1) is 41.3. The molecule has 0 aliphatic heterocycles. The molecule has 0 unspecified atom stereocenters. The summed E-state index contributed by atoms with van der Waals surface area (Å²) in [7, 11) is -14.6. The normalized spacial score (nSPS) is 12.7. The lowest BCUT2D eigenvalue weighted by Gasteiger charge is -2.12. The van der Waals surface area contributed by atoms with Gasteiger partial charge in [-0.2, -0.15) is 45.7 Å². The van der Waals surface area contributed by atoms with E-state index in [0.717, 1.165) is 17.8 Å². The van der Waals surface area contributed by atoms with Crippen LogP contribution in [-0.4, -0.2) is 44.0 Å². The Kier molecular flexibility index (Phi) is 11.4. The average Bonchev–Trinajstić information content (AvgIpc) is 3.14. The van der Waals surface area contributed by atoms with Gasteiger partial charge >= 0.3 is 0 Å². The molecule has 0 radical (unpaired) electrons. The summed E-state index contributed by atoms with van der Waals surface area (Å²) in [6.45, 7) is 6.88. The fraction of sp³-hybridized carbons (Fsp3) is 0.105. The highest BCUT2D eigenvalue weighted by molar-refractivity contribution is 7.87. The Hall–Kier alpha value is -6.29. The van der Waals surface area contributed by atoms with Gasteiger partial charge in [-0.3, -0.25) is 13.7 Å². The van der Waals surface area contributed by atoms with E-state index < -0.39 is 56.5 Å². The number of rotatable bonds is 11. The molecule has 6 aromatic carbocycles. The second-order valence-corrected chi connectivity index (χ2v) is 17.2. The topological polar surface area (TPSA) is 270 Å². The number of fused-ring (bicyclic) bond motifs is 1. The molecule has 0 saturated carbocycles. The van der Waals surface area contributed by atoms with Crippen LogP contribution in [0.25, 0.3) is 10.8 Å². The molecule has 20 heteroatoms. The van der Waals surface area contributed by atoms with Crippen molar-refractivity contribution in [1.82, 2.24) is 0 Å². The van der Waals surface area contributed by atoms with Gasteiger partial charge in [-0.05, 0) is 134 Å². The molecule has 6 rings (SSSR count). The summed E-state index contributed by atoms with van der Waals surface area (Å²) in [4.78, 5) is -2.26. The van der Waals surface area contributed by atoms with Crippen molar-refractivity contribution in [2.24, 2.45) is 30.7 Å². The number of aromatic hydroxyl groups is 1. The number of hydrogen-bond donors (Lipinski definition) is 5. The van der Waals surface area contributed by atoms with Crippen molar-refractivity contribution in [1.29, 1.82) is 0 Å². The molecular weight excluding hydrogens is 811 g/mol. The van der Waals surface area contributed by atoms with Crippen LogP contribution in [0.5, 0.6) is 5.75 Å². The zero-order chi connectivity index (χ0) is 42.2. The summed E-state index contributed by atoms with van der Waals surface area (Å²) in [5.74, 6) is -0.490. The molecule has 0 heterocycles. The minimum absolute atomic E-state index is 0.282. The molecule has 0 aliphatic rings. The summed E-state index contributed by atoms with van der Waals surface area (Å²) in [5, 5.41) is 40.0. The van der Waals surface area contributed by atoms with E-state index in [1.807, 2.05) is 30.3 Å². The van der Waals surface area contributed by atoms with Crippen LogP contribution in [0.3, 0.4) is 0 Å². The summed E-state index contributed by atoms with van der Waals surface area (Å²) in [6, 6.07) is 24.5. The molecule has 6 aromatic rings. The number of nitrogens with zero attached hydrogens (tertiary/aromatic N) is 6. The average molecular weight is 844 g/mol. The molecule has 0 saturated heterocycles. The van der Waals surface area contributed by atoms with Crippen LogP contribution in [-0.2, 0) is 30.4 Å². The minimum atomic E-state index is -4.94. The second kappa shape index (κ2) is 15.9. The lowest BCUT2D eigenvalue weighted by molar-refractivity contribution is 0.472. The second-order valence-electron chi connectivity index (χ2n) is 13.0. The molecule has 0 atom stereocenters. The van der Waals surface area contributed by atoms with Gasteiger partial charge in [0, 0.05) is 16.8 Å². The molecule has 0 aromatic heterocycles. The smallest absolute Gasteiger partial charge is 0.296 e. The van der Waals surface area contributed by atoms with E-state index in [1.54, 1.807) is 70.2 Å². The number of benzene rings is 6. The molecular formula is C38H33N7O10S3. The fourth-order valence-corrected chi connectivity index (χ4v) is 7.56. The van der Waals surface area contributed by atoms with E-state index in [0.29, 0.717) is 62.1 Å². The van der Waals surface area contributed by atoms with Crippen molar-refractivity contribution in [3.63, 3.8) is 0 Å². The quantitative estimate of drug-likeness (QED) is 0.0604. The highest BCUT2D eigenvalue weighted by atomic mass is 32.2. The number of phenolic OH excluding ortho intramolecular Hbond substituents is 1. The van der Waals surface area contributed by atoms with E-state index in [2.05, 4.69) is 36.0 Å². The highest BCUT2D eigenvalue weighted by Crippen LogP contribution is 2.43. The van der Waals surface area contributed by atoms with Gasteiger partial charge in [0.1, 0.15) is 21.2 Å². The lowest BCUT2D eigenvalue weighted by Crippen LogP contribution is -2.03. The van der Waals surface area contributed by atoms with Gasteiger partial charge in [0.15, 0.2) is 5.75 Å². The zero-order valence-corrected chi connectivity index (χ0v) is 33.3. The summed E-state index contributed by atoms with van der Waals surface area (Å²) in [5.41, 5.74) is 4.51. The van der Waals surface area contributed by atoms with Crippen LogP contribution in [0.15, 0.2) is 142 Å². The third kappa shape index (κ3) is 9.28. The van der Waals surface area contributed by atoms with Crippen LogP contribution in [0.4, 0.5) is 45.5 Å². The predicted octanol–water partition coefficient (Wildman–Crippen LogP) is 10.5. The molecule has 58 heavy (non-hydrogen) atoms. The van der Waals surface area contributed by atoms with Crippen LogP contribution < -0.4 is 5.32 Å². The molecule has 0 aliphatic carbocycles. The van der Waals surface area contributed by atoms with E-state index >= 15 is 0 Å². The number of hydrogen-bond acceptors (Lipinski definition) is 14. The van der Waals surface area contributed by atoms with Crippen molar-refractivity contribution >= 4 is 86.6 Å². The largest absolute Gasteiger partial charge is 0.505 e. The molecule has 5 N–H and O–H groups in total. The van der Waals surface area contributed by atoms with Crippen molar-refractivity contribution in [2.75, 3.05) is 5.32 Å². The zero-order valence-electron chi connectivity index (χ0n) is 30.9.